The summed E-state index contributed by atoms with van der Waals surface area (Å²) >= 11 is 0. The smallest absolute Gasteiger partial charge is 0.161 e. The number of Topliss-reactive ketones (excluding diaryl/α,β-unsaturated/α-hetero) is 1. The lowest BCUT2D eigenvalue weighted by Crippen LogP contribution is -2.25. The first-order valence-electron chi connectivity index (χ1n) is 6.30. The molecule has 0 aliphatic rings. The Bertz CT molecular complexity index is 164. The molecule has 0 saturated carbocycles. The van der Waals surface area contributed by atoms with E-state index in [1.165, 1.54) is 25.7 Å². The molecule has 2 heteroatoms. The summed E-state index contributed by atoms with van der Waals surface area (Å²) in [7, 11) is 0. The highest BCUT2D eigenvalue weighted by Gasteiger charge is 2.17. The van der Waals surface area contributed by atoms with Crippen LogP contribution in [0.1, 0.15) is 65.7 Å². The molecule has 2 nitrogen and oxygen atoms in total. The highest BCUT2D eigenvalue weighted by atomic mass is 16.3. The number of unbranched alkanes of at least 4 members (excludes halogenated alkanes) is 5. The van der Waals surface area contributed by atoms with Gasteiger partial charge in [-0.1, -0.05) is 52.9 Å². The van der Waals surface area contributed by atoms with Crippen LogP contribution in [0.25, 0.3) is 0 Å². The maximum Gasteiger partial charge on any atom is 0.161 e. The van der Waals surface area contributed by atoms with Crippen LogP contribution in [-0.2, 0) is 4.79 Å². The van der Waals surface area contributed by atoms with Crippen LogP contribution in [0.3, 0.4) is 0 Å². The van der Waals surface area contributed by atoms with Gasteiger partial charge in [0.05, 0.1) is 0 Å². The van der Waals surface area contributed by atoms with Gasteiger partial charge in [0.25, 0.3) is 0 Å². The van der Waals surface area contributed by atoms with Gasteiger partial charge in [0, 0.05) is 6.42 Å². The summed E-state index contributed by atoms with van der Waals surface area (Å²) in [6.45, 7) is 5.95. The van der Waals surface area contributed by atoms with Gasteiger partial charge >= 0.3 is 0 Å². The largest absolute Gasteiger partial charge is 0.385 e. The number of aliphatic hydroxyl groups is 1. The van der Waals surface area contributed by atoms with Crippen LogP contribution in [0, 0.1) is 5.92 Å². The molecular weight excluding hydrogens is 188 g/mol. The molecule has 0 fully saturated rings. The van der Waals surface area contributed by atoms with Crippen molar-refractivity contribution in [2.75, 3.05) is 0 Å². The molecule has 0 rings (SSSR count). The Labute approximate surface area is 94.1 Å². The number of ketones is 1. The highest BCUT2D eigenvalue weighted by molar-refractivity contribution is 5.82. The lowest BCUT2D eigenvalue weighted by atomic mass is 9.99. The van der Waals surface area contributed by atoms with Crippen molar-refractivity contribution in [3.63, 3.8) is 0 Å². The van der Waals surface area contributed by atoms with Crippen LogP contribution in [0.15, 0.2) is 0 Å². The van der Waals surface area contributed by atoms with Crippen molar-refractivity contribution in [2.45, 2.75) is 71.8 Å². The Balaban J connectivity index is 3.39. The minimum Gasteiger partial charge on any atom is -0.385 e. The summed E-state index contributed by atoms with van der Waals surface area (Å²) in [6, 6.07) is 0. The predicted molar refractivity (Wildman–Crippen MR) is 63.8 cm³/mol. The van der Waals surface area contributed by atoms with Crippen LogP contribution < -0.4 is 0 Å². The Kier molecular flexibility index (Phi) is 8.68. The zero-order chi connectivity index (χ0) is 11.7. The van der Waals surface area contributed by atoms with Gasteiger partial charge in [0.1, 0.15) is 6.10 Å². The fourth-order valence-corrected chi connectivity index (χ4v) is 1.60. The molecule has 0 aliphatic carbocycles. The van der Waals surface area contributed by atoms with Crippen LogP contribution in [0.2, 0.25) is 0 Å². The van der Waals surface area contributed by atoms with Gasteiger partial charge in [-0.15, -0.1) is 0 Å². The molecule has 1 atom stereocenters. The van der Waals surface area contributed by atoms with E-state index in [4.69, 9.17) is 0 Å². The van der Waals surface area contributed by atoms with Gasteiger partial charge in [-0.25, -0.2) is 0 Å². The highest BCUT2D eigenvalue weighted by Crippen LogP contribution is 2.10. The van der Waals surface area contributed by atoms with E-state index in [1.807, 2.05) is 13.8 Å². The van der Waals surface area contributed by atoms with Crippen molar-refractivity contribution in [2.24, 2.45) is 5.92 Å². The van der Waals surface area contributed by atoms with E-state index >= 15 is 0 Å². The quantitative estimate of drug-likeness (QED) is 0.598. The minimum absolute atomic E-state index is 0.0143. The maximum absolute atomic E-state index is 11.4. The van der Waals surface area contributed by atoms with Crippen LogP contribution in [0.4, 0.5) is 0 Å². The van der Waals surface area contributed by atoms with Crippen molar-refractivity contribution in [3.05, 3.63) is 0 Å². The number of hydrogen-bond donors (Lipinski definition) is 1. The molecule has 1 N–H and O–H groups in total. The summed E-state index contributed by atoms with van der Waals surface area (Å²) in [4.78, 5) is 11.4. The summed E-state index contributed by atoms with van der Waals surface area (Å²) < 4.78 is 0. The number of carbonyl (C=O) groups excluding carboxylic acids is 1. The molecule has 0 amide bonds. The molecule has 0 aromatic rings. The van der Waals surface area contributed by atoms with E-state index in [-0.39, 0.29) is 11.7 Å². The average Bonchev–Trinajstić information content (AvgIpc) is 2.21. The first-order valence-corrected chi connectivity index (χ1v) is 6.30. The lowest BCUT2D eigenvalue weighted by Gasteiger charge is -2.12. The van der Waals surface area contributed by atoms with Gasteiger partial charge in [-0.05, 0) is 12.3 Å². The van der Waals surface area contributed by atoms with Gasteiger partial charge < -0.3 is 5.11 Å². The molecule has 0 bridgehead atoms. The molecule has 0 heterocycles. The zero-order valence-corrected chi connectivity index (χ0v) is 10.5. The minimum atomic E-state index is -0.749. The third-order valence-corrected chi connectivity index (χ3v) is 2.74. The van der Waals surface area contributed by atoms with Crippen LogP contribution in [0.5, 0.6) is 0 Å². The molecule has 0 radical (unpaired) electrons. The van der Waals surface area contributed by atoms with E-state index in [1.54, 1.807) is 0 Å². The van der Waals surface area contributed by atoms with Crippen molar-refractivity contribution in [3.8, 4) is 0 Å². The summed E-state index contributed by atoms with van der Waals surface area (Å²) in [5, 5.41) is 9.49. The van der Waals surface area contributed by atoms with Crippen LogP contribution >= 0.6 is 0 Å². The number of hydrogen-bond acceptors (Lipinski definition) is 2. The molecule has 90 valence electrons. The fraction of sp³-hybridized carbons (Fsp3) is 0.923. The Morgan fingerprint density at radius 3 is 2.13 bits per heavy atom. The van der Waals surface area contributed by atoms with Crippen molar-refractivity contribution in [1.82, 2.24) is 0 Å². The first-order chi connectivity index (χ1) is 7.09. The van der Waals surface area contributed by atoms with E-state index < -0.39 is 6.10 Å². The maximum atomic E-state index is 11.4. The van der Waals surface area contributed by atoms with E-state index in [2.05, 4.69) is 6.92 Å². The molecule has 0 aliphatic heterocycles. The van der Waals surface area contributed by atoms with Gasteiger partial charge in [-0.2, -0.15) is 0 Å². The van der Waals surface area contributed by atoms with Crippen LogP contribution in [-0.4, -0.2) is 17.0 Å². The molecule has 15 heavy (non-hydrogen) atoms. The van der Waals surface area contributed by atoms with E-state index in [0.29, 0.717) is 6.42 Å². The molecule has 0 aromatic carbocycles. The molecule has 0 saturated heterocycles. The third-order valence-electron chi connectivity index (χ3n) is 2.74. The number of aliphatic hydroxyl groups excluding tert-OH is 1. The molecule has 0 spiro atoms. The Hall–Kier alpha value is -0.370. The third kappa shape index (κ3) is 7.55. The second-order valence-corrected chi connectivity index (χ2v) is 4.67. The fourth-order valence-electron chi connectivity index (χ4n) is 1.60. The van der Waals surface area contributed by atoms with E-state index in [0.717, 1.165) is 12.8 Å². The molecule has 0 aromatic heterocycles. The number of rotatable bonds is 9. The van der Waals surface area contributed by atoms with Gasteiger partial charge in [0.2, 0.25) is 0 Å². The average molecular weight is 214 g/mol. The molecule has 1 unspecified atom stereocenters. The Morgan fingerprint density at radius 1 is 1.07 bits per heavy atom. The summed E-state index contributed by atoms with van der Waals surface area (Å²) in [6.07, 6.45) is 6.90. The first kappa shape index (κ1) is 14.6. The standard InChI is InChI=1S/C13H26O2/c1-4-5-6-7-8-9-10-12(14)13(15)11(2)3/h11,13,15H,4-10H2,1-3H3. The normalized spacial score (nSPS) is 13.1. The van der Waals surface area contributed by atoms with Crippen molar-refractivity contribution >= 4 is 5.78 Å². The van der Waals surface area contributed by atoms with Gasteiger partial charge in [0.15, 0.2) is 5.78 Å². The molecular formula is C13H26O2. The lowest BCUT2D eigenvalue weighted by molar-refractivity contribution is -0.129. The summed E-state index contributed by atoms with van der Waals surface area (Å²) in [5.74, 6) is 0.0677. The predicted octanol–water partition coefficient (Wildman–Crippen LogP) is 3.32. The zero-order valence-electron chi connectivity index (χ0n) is 10.5. The number of carbonyl (C=O) groups is 1. The van der Waals surface area contributed by atoms with Gasteiger partial charge in [-0.3, -0.25) is 4.79 Å². The Morgan fingerprint density at radius 2 is 1.60 bits per heavy atom. The second kappa shape index (κ2) is 8.90. The SMILES string of the molecule is CCCCCCCCC(=O)C(O)C(C)C. The van der Waals surface area contributed by atoms with Crippen molar-refractivity contribution in [1.29, 1.82) is 0 Å². The van der Waals surface area contributed by atoms with Crippen molar-refractivity contribution < 1.29 is 9.90 Å². The second-order valence-electron chi connectivity index (χ2n) is 4.67. The van der Waals surface area contributed by atoms with E-state index in [9.17, 15) is 9.90 Å². The summed E-state index contributed by atoms with van der Waals surface area (Å²) in [5.41, 5.74) is 0. The topological polar surface area (TPSA) is 37.3 Å². The monoisotopic (exact) mass is 214 g/mol.